The van der Waals surface area contributed by atoms with Crippen LogP contribution in [0.15, 0.2) is 36.5 Å². The molecule has 1 aliphatic heterocycles. The Morgan fingerprint density at radius 3 is 2.45 bits per heavy atom. The number of aryl methyl sites for hydroxylation is 1. The summed E-state index contributed by atoms with van der Waals surface area (Å²) in [7, 11) is 3.64. The molecule has 106 valence electrons. The highest BCUT2D eigenvalue weighted by atomic mass is 16.5. The summed E-state index contributed by atoms with van der Waals surface area (Å²) < 4.78 is 13.0. The molecule has 0 saturated carbocycles. The van der Waals surface area contributed by atoms with Crippen molar-refractivity contribution < 1.29 is 9.47 Å². The lowest BCUT2D eigenvalue weighted by Gasteiger charge is -2.38. The average molecular weight is 273 g/mol. The number of ether oxygens (including phenoxy) is 2. The van der Waals surface area contributed by atoms with E-state index in [0.717, 1.165) is 31.1 Å². The van der Waals surface area contributed by atoms with Crippen LogP contribution in [-0.4, -0.2) is 41.0 Å². The van der Waals surface area contributed by atoms with E-state index in [0.29, 0.717) is 0 Å². The minimum absolute atomic E-state index is 0.275. The van der Waals surface area contributed by atoms with Crippen LogP contribution in [0.1, 0.15) is 5.69 Å². The molecule has 0 unspecified atom stereocenters. The van der Waals surface area contributed by atoms with Crippen molar-refractivity contribution >= 4 is 0 Å². The standard InChI is InChI=1S/C15H19N3O2/c1-17-12(7-8-16-17)9-18-10-15(11-18)20-14-5-3-13(19-2)4-6-14/h3-8,15H,9-11H2,1-2H3. The molecule has 5 heteroatoms. The van der Waals surface area contributed by atoms with Crippen LogP contribution >= 0.6 is 0 Å². The van der Waals surface area contributed by atoms with Crippen molar-refractivity contribution in [3.63, 3.8) is 0 Å². The zero-order valence-corrected chi connectivity index (χ0v) is 11.8. The Balaban J connectivity index is 1.47. The molecule has 1 aromatic heterocycles. The first kappa shape index (κ1) is 13.0. The van der Waals surface area contributed by atoms with Gasteiger partial charge in [-0.25, -0.2) is 0 Å². The zero-order chi connectivity index (χ0) is 13.9. The molecule has 1 saturated heterocycles. The summed E-state index contributed by atoms with van der Waals surface area (Å²) in [6.45, 7) is 2.84. The largest absolute Gasteiger partial charge is 0.497 e. The van der Waals surface area contributed by atoms with E-state index in [1.807, 2.05) is 42.2 Å². The molecular formula is C15H19N3O2. The van der Waals surface area contributed by atoms with Crippen LogP contribution in [0.3, 0.4) is 0 Å². The van der Waals surface area contributed by atoms with Gasteiger partial charge in [-0.1, -0.05) is 0 Å². The highest BCUT2D eigenvalue weighted by Gasteiger charge is 2.28. The molecule has 0 spiro atoms. The topological polar surface area (TPSA) is 39.5 Å². The van der Waals surface area contributed by atoms with Gasteiger partial charge >= 0.3 is 0 Å². The molecule has 1 aliphatic rings. The lowest BCUT2D eigenvalue weighted by atomic mass is 10.1. The molecule has 0 aliphatic carbocycles. The van der Waals surface area contributed by atoms with Gasteiger partial charge in [0.2, 0.25) is 0 Å². The summed E-state index contributed by atoms with van der Waals surface area (Å²) in [4.78, 5) is 2.35. The number of hydrogen-bond donors (Lipinski definition) is 0. The van der Waals surface area contributed by atoms with E-state index in [1.54, 1.807) is 7.11 Å². The minimum atomic E-state index is 0.275. The molecular weight excluding hydrogens is 254 g/mol. The smallest absolute Gasteiger partial charge is 0.124 e. The van der Waals surface area contributed by atoms with Gasteiger partial charge in [0.15, 0.2) is 0 Å². The first-order valence-electron chi connectivity index (χ1n) is 6.74. The van der Waals surface area contributed by atoms with Crippen LogP contribution in [0.2, 0.25) is 0 Å². The monoisotopic (exact) mass is 273 g/mol. The number of hydrogen-bond acceptors (Lipinski definition) is 4. The highest BCUT2D eigenvalue weighted by Crippen LogP contribution is 2.22. The second kappa shape index (κ2) is 5.54. The number of methoxy groups -OCH3 is 1. The normalized spacial score (nSPS) is 15.9. The van der Waals surface area contributed by atoms with Gasteiger partial charge in [-0.15, -0.1) is 0 Å². The number of aromatic nitrogens is 2. The summed E-state index contributed by atoms with van der Waals surface area (Å²) >= 11 is 0. The van der Waals surface area contributed by atoms with Gasteiger partial charge in [0, 0.05) is 32.9 Å². The van der Waals surface area contributed by atoms with E-state index in [-0.39, 0.29) is 6.10 Å². The minimum Gasteiger partial charge on any atom is -0.497 e. The first-order valence-corrected chi connectivity index (χ1v) is 6.74. The van der Waals surface area contributed by atoms with E-state index >= 15 is 0 Å². The second-order valence-electron chi connectivity index (χ2n) is 5.06. The van der Waals surface area contributed by atoms with Gasteiger partial charge in [-0.05, 0) is 30.3 Å². The van der Waals surface area contributed by atoms with Gasteiger partial charge in [-0.3, -0.25) is 9.58 Å². The SMILES string of the molecule is COc1ccc(OC2CN(Cc3ccnn3C)C2)cc1. The van der Waals surface area contributed by atoms with Crippen molar-refractivity contribution in [2.45, 2.75) is 12.6 Å². The van der Waals surface area contributed by atoms with Crippen LogP contribution < -0.4 is 9.47 Å². The molecule has 1 aromatic carbocycles. The van der Waals surface area contributed by atoms with Crippen molar-refractivity contribution in [1.29, 1.82) is 0 Å². The van der Waals surface area contributed by atoms with E-state index in [9.17, 15) is 0 Å². The van der Waals surface area contributed by atoms with Crippen LogP contribution in [0.25, 0.3) is 0 Å². The average Bonchev–Trinajstić information content (AvgIpc) is 2.82. The molecule has 0 atom stereocenters. The van der Waals surface area contributed by atoms with Gasteiger partial charge in [0.1, 0.15) is 17.6 Å². The van der Waals surface area contributed by atoms with Crippen LogP contribution in [-0.2, 0) is 13.6 Å². The van der Waals surface area contributed by atoms with Crippen molar-refractivity contribution in [2.24, 2.45) is 7.05 Å². The van der Waals surface area contributed by atoms with E-state index in [2.05, 4.69) is 16.1 Å². The maximum absolute atomic E-state index is 5.91. The highest BCUT2D eigenvalue weighted by molar-refractivity contribution is 5.31. The Kier molecular flexibility index (Phi) is 3.60. The zero-order valence-electron chi connectivity index (χ0n) is 11.8. The molecule has 2 aromatic rings. The van der Waals surface area contributed by atoms with Gasteiger partial charge in [-0.2, -0.15) is 5.10 Å². The van der Waals surface area contributed by atoms with Crippen LogP contribution in [0.4, 0.5) is 0 Å². The fraction of sp³-hybridized carbons (Fsp3) is 0.400. The van der Waals surface area contributed by atoms with Gasteiger partial charge in [0.05, 0.1) is 12.8 Å². The molecule has 20 heavy (non-hydrogen) atoms. The maximum Gasteiger partial charge on any atom is 0.124 e. The molecule has 2 heterocycles. The van der Waals surface area contributed by atoms with Crippen molar-refractivity contribution in [3.8, 4) is 11.5 Å². The molecule has 1 fully saturated rings. The summed E-state index contributed by atoms with van der Waals surface area (Å²) in [5, 5.41) is 4.18. The molecule has 0 bridgehead atoms. The lowest BCUT2D eigenvalue weighted by Crippen LogP contribution is -2.53. The molecule has 3 rings (SSSR count). The summed E-state index contributed by atoms with van der Waals surface area (Å²) in [6.07, 6.45) is 2.11. The summed E-state index contributed by atoms with van der Waals surface area (Å²) in [5.41, 5.74) is 1.23. The Labute approximate surface area is 118 Å². The fourth-order valence-electron chi connectivity index (χ4n) is 2.36. The summed E-state index contributed by atoms with van der Waals surface area (Å²) in [6, 6.07) is 9.78. The first-order chi connectivity index (χ1) is 9.74. The second-order valence-corrected chi connectivity index (χ2v) is 5.06. The predicted molar refractivity (Wildman–Crippen MR) is 75.9 cm³/mol. The Morgan fingerprint density at radius 2 is 1.85 bits per heavy atom. The molecule has 0 N–H and O–H groups in total. The third-order valence-corrected chi connectivity index (χ3v) is 3.59. The van der Waals surface area contributed by atoms with E-state index in [4.69, 9.17) is 9.47 Å². The van der Waals surface area contributed by atoms with Crippen LogP contribution in [0, 0.1) is 0 Å². The van der Waals surface area contributed by atoms with Crippen molar-refractivity contribution in [1.82, 2.24) is 14.7 Å². The number of rotatable bonds is 5. The van der Waals surface area contributed by atoms with Crippen molar-refractivity contribution in [2.75, 3.05) is 20.2 Å². The maximum atomic E-state index is 5.91. The van der Waals surface area contributed by atoms with Crippen molar-refractivity contribution in [3.05, 3.63) is 42.2 Å². The van der Waals surface area contributed by atoms with Gasteiger partial charge in [0.25, 0.3) is 0 Å². The van der Waals surface area contributed by atoms with E-state index in [1.165, 1.54) is 5.69 Å². The lowest BCUT2D eigenvalue weighted by molar-refractivity contribution is 0.0131. The van der Waals surface area contributed by atoms with Gasteiger partial charge < -0.3 is 9.47 Å². The Morgan fingerprint density at radius 1 is 1.15 bits per heavy atom. The van der Waals surface area contributed by atoms with Crippen LogP contribution in [0.5, 0.6) is 11.5 Å². The third-order valence-electron chi connectivity index (χ3n) is 3.59. The summed E-state index contributed by atoms with van der Waals surface area (Å²) in [5.74, 6) is 1.75. The Hall–Kier alpha value is -2.01. The predicted octanol–water partition coefficient (Wildman–Crippen LogP) is 1.69. The Bertz CT molecular complexity index is 559. The third kappa shape index (κ3) is 2.77. The van der Waals surface area contributed by atoms with E-state index < -0.39 is 0 Å². The molecule has 0 radical (unpaired) electrons. The number of nitrogens with zero attached hydrogens (tertiary/aromatic N) is 3. The quantitative estimate of drug-likeness (QED) is 0.831. The molecule has 5 nitrogen and oxygen atoms in total. The number of benzene rings is 1. The molecule has 0 amide bonds. The number of likely N-dealkylation sites (tertiary alicyclic amines) is 1. The fourth-order valence-corrected chi connectivity index (χ4v) is 2.36.